The number of phenols is 1. The molecule has 0 aliphatic heterocycles. The second-order valence-electron chi connectivity index (χ2n) is 4.72. The fourth-order valence-corrected chi connectivity index (χ4v) is 1.52. The van der Waals surface area contributed by atoms with Crippen LogP contribution in [0.2, 0.25) is 0 Å². The van der Waals surface area contributed by atoms with Crippen LogP contribution in [-0.2, 0) is 0 Å². The van der Waals surface area contributed by atoms with Crippen LogP contribution >= 0.6 is 0 Å². The van der Waals surface area contributed by atoms with E-state index in [9.17, 15) is 9.90 Å². The van der Waals surface area contributed by atoms with Crippen molar-refractivity contribution >= 4 is 5.91 Å². The molecule has 0 spiro atoms. The number of aromatic hydroxyl groups is 1. The van der Waals surface area contributed by atoms with Crippen LogP contribution < -0.4 is 5.32 Å². The van der Waals surface area contributed by atoms with Gasteiger partial charge in [0.25, 0.3) is 5.91 Å². The van der Waals surface area contributed by atoms with E-state index in [-0.39, 0.29) is 17.2 Å². The molecule has 0 radical (unpaired) electrons. The van der Waals surface area contributed by atoms with E-state index in [4.69, 9.17) is 0 Å². The number of hydrogen-bond acceptors (Lipinski definition) is 2. The lowest BCUT2D eigenvalue weighted by atomic mass is 9.95. The highest BCUT2D eigenvalue weighted by Gasteiger charge is 2.22. The number of hydrogen-bond donors (Lipinski definition) is 2. The van der Waals surface area contributed by atoms with Crippen molar-refractivity contribution in [1.29, 1.82) is 0 Å². The van der Waals surface area contributed by atoms with Crippen molar-refractivity contribution in [3.8, 4) is 5.75 Å². The summed E-state index contributed by atoms with van der Waals surface area (Å²) >= 11 is 0. The van der Waals surface area contributed by atoms with E-state index < -0.39 is 0 Å². The molecule has 0 atom stereocenters. The Morgan fingerprint density at radius 3 is 2.41 bits per heavy atom. The highest BCUT2D eigenvalue weighted by Crippen LogP contribution is 2.19. The summed E-state index contributed by atoms with van der Waals surface area (Å²) in [6, 6.07) is 4.99. The fourth-order valence-electron chi connectivity index (χ4n) is 1.52. The van der Waals surface area contributed by atoms with Crippen LogP contribution in [0.1, 0.15) is 49.5 Å². The van der Waals surface area contributed by atoms with E-state index in [0.29, 0.717) is 5.56 Å². The van der Waals surface area contributed by atoms with Crippen molar-refractivity contribution in [2.24, 2.45) is 0 Å². The van der Waals surface area contributed by atoms with Crippen molar-refractivity contribution in [3.05, 3.63) is 29.3 Å². The van der Waals surface area contributed by atoms with Gasteiger partial charge >= 0.3 is 0 Å². The standard InChI is InChI=1S/C14H21NO2/c1-5-14(4,6-2)15-13(17)11-8-7-10(3)12(16)9-11/h7-9,16H,5-6H2,1-4H3,(H,15,17). The lowest BCUT2D eigenvalue weighted by Gasteiger charge is -2.28. The molecule has 0 saturated heterocycles. The zero-order chi connectivity index (χ0) is 13.1. The summed E-state index contributed by atoms with van der Waals surface area (Å²) < 4.78 is 0. The molecule has 0 fully saturated rings. The van der Waals surface area contributed by atoms with Crippen LogP contribution in [0.3, 0.4) is 0 Å². The predicted octanol–water partition coefficient (Wildman–Crippen LogP) is 3.01. The third-order valence-corrected chi connectivity index (χ3v) is 3.45. The minimum Gasteiger partial charge on any atom is -0.508 e. The number of carbonyl (C=O) groups excluding carboxylic acids is 1. The van der Waals surface area contributed by atoms with Gasteiger partial charge in [-0.1, -0.05) is 19.9 Å². The van der Waals surface area contributed by atoms with Crippen molar-refractivity contribution in [2.45, 2.75) is 46.1 Å². The Morgan fingerprint density at radius 1 is 1.35 bits per heavy atom. The van der Waals surface area contributed by atoms with Gasteiger partial charge in [0.2, 0.25) is 0 Å². The van der Waals surface area contributed by atoms with Crippen LogP contribution in [0.5, 0.6) is 5.75 Å². The van der Waals surface area contributed by atoms with Crippen molar-refractivity contribution in [2.75, 3.05) is 0 Å². The number of aryl methyl sites for hydroxylation is 1. The Balaban J connectivity index is 2.86. The highest BCUT2D eigenvalue weighted by atomic mass is 16.3. The molecule has 0 saturated carbocycles. The summed E-state index contributed by atoms with van der Waals surface area (Å²) in [5, 5.41) is 12.6. The van der Waals surface area contributed by atoms with Crippen LogP contribution in [0.4, 0.5) is 0 Å². The van der Waals surface area contributed by atoms with Gasteiger partial charge < -0.3 is 10.4 Å². The summed E-state index contributed by atoms with van der Waals surface area (Å²) in [5.41, 5.74) is 1.09. The first kappa shape index (κ1) is 13.6. The maximum absolute atomic E-state index is 12.0. The third-order valence-electron chi connectivity index (χ3n) is 3.45. The Bertz CT molecular complexity index is 409. The molecule has 1 aromatic rings. The second-order valence-corrected chi connectivity index (χ2v) is 4.72. The number of amides is 1. The lowest BCUT2D eigenvalue weighted by Crippen LogP contribution is -2.44. The van der Waals surface area contributed by atoms with Gasteiger partial charge in [0, 0.05) is 11.1 Å². The quantitative estimate of drug-likeness (QED) is 0.842. The lowest BCUT2D eigenvalue weighted by molar-refractivity contribution is 0.0900. The third kappa shape index (κ3) is 3.22. The highest BCUT2D eigenvalue weighted by molar-refractivity contribution is 5.95. The van der Waals surface area contributed by atoms with Crippen molar-refractivity contribution < 1.29 is 9.90 Å². The van der Waals surface area contributed by atoms with Gasteiger partial charge in [-0.2, -0.15) is 0 Å². The predicted molar refractivity (Wildman–Crippen MR) is 69.3 cm³/mol. The molecule has 2 N–H and O–H groups in total. The van der Waals surface area contributed by atoms with Gasteiger partial charge in [-0.05, 0) is 44.4 Å². The molecular formula is C14H21NO2. The second kappa shape index (κ2) is 5.21. The van der Waals surface area contributed by atoms with Gasteiger partial charge in [-0.25, -0.2) is 0 Å². The SMILES string of the molecule is CCC(C)(CC)NC(=O)c1ccc(C)c(O)c1. The summed E-state index contributed by atoms with van der Waals surface area (Å²) in [7, 11) is 0. The molecule has 0 bridgehead atoms. The molecule has 0 unspecified atom stereocenters. The van der Waals surface area contributed by atoms with Crippen molar-refractivity contribution in [3.63, 3.8) is 0 Å². The van der Waals surface area contributed by atoms with Gasteiger partial charge in [0.1, 0.15) is 5.75 Å². The van der Waals surface area contributed by atoms with Crippen LogP contribution in [0.25, 0.3) is 0 Å². The van der Waals surface area contributed by atoms with E-state index in [1.807, 2.05) is 6.92 Å². The molecule has 17 heavy (non-hydrogen) atoms. The molecule has 1 amide bonds. The Morgan fingerprint density at radius 2 is 1.94 bits per heavy atom. The maximum atomic E-state index is 12.0. The molecule has 1 rings (SSSR count). The van der Waals surface area contributed by atoms with E-state index in [2.05, 4.69) is 19.2 Å². The molecule has 0 aliphatic carbocycles. The number of rotatable bonds is 4. The fraction of sp³-hybridized carbons (Fsp3) is 0.500. The van der Waals surface area contributed by atoms with Crippen LogP contribution in [0.15, 0.2) is 18.2 Å². The smallest absolute Gasteiger partial charge is 0.251 e. The first-order chi connectivity index (χ1) is 7.91. The first-order valence-electron chi connectivity index (χ1n) is 6.04. The molecular weight excluding hydrogens is 214 g/mol. The summed E-state index contributed by atoms with van der Waals surface area (Å²) in [5.74, 6) is 0.0267. The minimum absolute atomic E-state index is 0.133. The van der Waals surface area contributed by atoms with Gasteiger partial charge in [0.05, 0.1) is 0 Å². The van der Waals surface area contributed by atoms with Gasteiger partial charge in [-0.15, -0.1) is 0 Å². The molecule has 3 nitrogen and oxygen atoms in total. The molecule has 1 aromatic carbocycles. The molecule has 0 aliphatic rings. The zero-order valence-corrected chi connectivity index (χ0v) is 11.0. The van der Waals surface area contributed by atoms with E-state index in [1.54, 1.807) is 19.1 Å². The maximum Gasteiger partial charge on any atom is 0.251 e. The monoisotopic (exact) mass is 235 g/mol. The Labute approximate surface area is 103 Å². The summed E-state index contributed by atoms with van der Waals surface area (Å²) in [4.78, 5) is 12.0. The van der Waals surface area contributed by atoms with Gasteiger partial charge in [0.15, 0.2) is 0 Å². The molecule has 0 aromatic heterocycles. The zero-order valence-electron chi connectivity index (χ0n) is 11.0. The van der Waals surface area contributed by atoms with Crippen molar-refractivity contribution in [1.82, 2.24) is 5.32 Å². The largest absolute Gasteiger partial charge is 0.508 e. The summed E-state index contributed by atoms with van der Waals surface area (Å²) in [6.07, 6.45) is 1.76. The Hall–Kier alpha value is -1.51. The number of carbonyl (C=O) groups is 1. The van der Waals surface area contributed by atoms with Crippen LogP contribution in [0, 0.1) is 6.92 Å². The van der Waals surface area contributed by atoms with E-state index in [1.165, 1.54) is 6.07 Å². The average molecular weight is 235 g/mol. The normalized spacial score (nSPS) is 11.3. The first-order valence-corrected chi connectivity index (χ1v) is 6.04. The number of phenolic OH excluding ortho intramolecular Hbond substituents is 1. The van der Waals surface area contributed by atoms with E-state index in [0.717, 1.165) is 18.4 Å². The van der Waals surface area contributed by atoms with Gasteiger partial charge in [-0.3, -0.25) is 4.79 Å². The van der Waals surface area contributed by atoms with Crippen LogP contribution in [-0.4, -0.2) is 16.6 Å². The Kier molecular flexibility index (Phi) is 4.16. The number of nitrogens with one attached hydrogen (secondary N) is 1. The number of benzene rings is 1. The minimum atomic E-state index is -0.183. The summed E-state index contributed by atoms with van der Waals surface area (Å²) in [6.45, 7) is 7.94. The average Bonchev–Trinajstić information content (AvgIpc) is 2.32. The topological polar surface area (TPSA) is 49.3 Å². The van der Waals surface area contributed by atoms with E-state index >= 15 is 0 Å². The molecule has 3 heteroatoms. The molecule has 94 valence electrons. The molecule has 0 heterocycles.